The Morgan fingerprint density at radius 1 is 1.37 bits per heavy atom. The highest BCUT2D eigenvalue weighted by Crippen LogP contribution is 2.08. The van der Waals surface area contributed by atoms with Gasteiger partial charge in [0.15, 0.2) is 0 Å². The van der Waals surface area contributed by atoms with Gasteiger partial charge in [0.2, 0.25) is 5.91 Å². The Morgan fingerprint density at radius 3 is 2.84 bits per heavy atom. The van der Waals surface area contributed by atoms with Crippen LogP contribution in [0.2, 0.25) is 0 Å². The molecule has 1 aromatic rings. The van der Waals surface area contributed by atoms with E-state index in [2.05, 4.69) is 10.6 Å². The lowest BCUT2D eigenvalue weighted by Gasteiger charge is -2.22. The van der Waals surface area contributed by atoms with Crippen molar-refractivity contribution in [2.75, 3.05) is 6.54 Å². The Kier molecular flexibility index (Phi) is 6.84. The Morgan fingerprint density at radius 2 is 2.16 bits per heavy atom. The first kappa shape index (κ1) is 16.0. The highest BCUT2D eigenvalue weighted by atomic mass is 35.5. The van der Waals surface area contributed by atoms with Crippen molar-refractivity contribution in [2.45, 2.75) is 38.5 Å². The molecule has 1 saturated heterocycles. The molecule has 1 aliphatic rings. The topological polar surface area (TPSA) is 61.4 Å². The lowest BCUT2D eigenvalue weighted by atomic mass is 10.0. The summed E-state index contributed by atoms with van der Waals surface area (Å²) in [5.41, 5.74) is 1.89. The molecule has 1 fully saturated rings. The van der Waals surface area contributed by atoms with Crippen LogP contribution < -0.4 is 10.6 Å². The molecule has 1 heterocycles. The molecular formula is C14H21ClN2O2. The molecule has 1 amide bonds. The lowest BCUT2D eigenvalue weighted by Crippen LogP contribution is -2.46. The van der Waals surface area contributed by atoms with Crippen LogP contribution in [-0.2, 0) is 17.9 Å². The fourth-order valence-electron chi connectivity index (χ4n) is 2.23. The average molecular weight is 285 g/mol. The van der Waals surface area contributed by atoms with Crippen molar-refractivity contribution in [3.8, 4) is 0 Å². The van der Waals surface area contributed by atoms with Crippen LogP contribution >= 0.6 is 12.4 Å². The van der Waals surface area contributed by atoms with Gasteiger partial charge < -0.3 is 15.7 Å². The Balaban J connectivity index is 0.00000180. The third-order valence-electron chi connectivity index (χ3n) is 3.27. The molecule has 1 atom stereocenters. The quantitative estimate of drug-likeness (QED) is 0.782. The summed E-state index contributed by atoms with van der Waals surface area (Å²) in [5.74, 6) is 0.0732. The highest BCUT2D eigenvalue weighted by Gasteiger charge is 2.19. The van der Waals surface area contributed by atoms with Crippen molar-refractivity contribution in [1.82, 2.24) is 10.6 Å². The van der Waals surface area contributed by atoms with Gasteiger partial charge in [-0.2, -0.15) is 0 Å². The van der Waals surface area contributed by atoms with Crippen LogP contribution in [0.5, 0.6) is 0 Å². The summed E-state index contributed by atoms with van der Waals surface area (Å²) in [6.07, 6.45) is 3.19. The van der Waals surface area contributed by atoms with E-state index < -0.39 is 0 Å². The molecule has 0 bridgehead atoms. The van der Waals surface area contributed by atoms with E-state index in [1.54, 1.807) is 0 Å². The predicted molar refractivity (Wildman–Crippen MR) is 77.1 cm³/mol. The summed E-state index contributed by atoms with van der Waals surface area (Å²) >= 11 is 0. The standard InChI is InChI=1S/C14H20N2O2.ClH/c17-10-12-5-3-4-11(8-12)9-16-14(18)13-6-1-2-7-15-13;/h3-5,8,13,15,17H,1-2,6-7,9-10H2,(H,16,18);1H/t13-;/m0./s1. The first-order valence-electron chi connectivity index (χ1n) is 6.49. The van der Waals surface area contributed by atoms with E-state index in [9.17, 15) is 4.79 Å². The molecular weight excluding hydrogens is 264 g/mol. The van der Waals surface area contributed by atoms with Crippen LogP contribution in [0, 0.1) is 0 Å². The normalized spacial score (nSPS) is 18.5. The summed E-state index contributed by atoms with van der Waals surface area (Å²) in [4.78, 5) is 11.9. The molecule has 106 valence electrons. The molecule has 4 nitrogen and oxygen atoms in total. The maximum absolute atomic E-state index is 11.9. The Labute approximate surface area is 120 Å². The molecule has 1 aromatic carbocycles. The molecule has 0 unspecified atom stereocenters. The summed E-state index contributed by atoms with van der Waals surface area (Å²) in [5, 5.41) is 15.2. The zero-order valence-corrected chi connectivity index (χ0v) is 11.7. The van der Waals surface area contributed by atoms with E-state index >= 15 is 0 Å². The second kappa shape index (κ2) is 8.15. The molecule has 0 radical (unpaired) electrons. The van der Waals surface area contributed by atoms with Crippen molar-refractivity contribution < 1.29 is 9.90 Å². The number of nitrogens with one attached hydrogen (secondary N) is 2. The number of piperidine rings is 1. The van der Waals surface area contributed by atoms with E-state index in [0.717, 1.165) is 36.9 Å². The number of rotatable bonds is 4. The molecule has 0 saturated carbocycles. The highest BCUT2D eigenvalue weighted by molar-refractivity contribution is 5.85. The third kappa shape index (κ3) is 4.82. The number of carbonyl (C=O) groups excluding carboxylic acids is 1. The number of halogens is 1. The number of hydrogen-bond acceptors (Lipinski definition) is 3. The van der Waals surface area contributed by atoms with Crippen molar-refractivity contribution in [3.63, 3.8) is 0 Å². The number of hydrogen-bond donors (Lipinski definition) is 3. The Bertz CT molecular complexity index is 406. The molecule has 5 heteroatoms. The number of aliphatic hydroxyl groups excluding tert-OH is 1. The molecule has 3 N–H and O–H groups in total. The molecule has 0 aromatic heterocycles. The van der Waals surface area contributed by atoms with E-state index in [4.69, 9.17) is 5.11 Å². The van der Waals surface area contributed by atoms with Crippen LogP contribution in [0.25, 0.3) is 0 Å². The lowest BCUT2D eigenvalue weighted by molar-refractivity contribution is -0.123. The van der Waals surface area contributed by atoms with Crippen molar-refractivity contribution in [1.29, 1.82) is 0 Å². The van der Waals surface area contributed by atoms with Gasteiger partial charge in [-0.05, 0) is 30.5 Å². The average Bonchev–Trinajstić information content (AvgIpc) is 2.46. The largest absolute Gasteiger partial charge is 0.392 e. The Hall–Kier alpha value is -1.10. The molecule has 1 aliphatic heterocycles. The van der Waals surface area contributed by atoms with Gasteiger partial charge in [0.05, 0.1) is 12.6 Å². The minimum atomic E-state index is -0.0419. The summed E-state index contributed by atoms with van der Waals surface area (Å²) in [6.45, 7) is 1.48. The van der Waals surface area contributed by atoms with Gasteiger partial charge in [-0.1, -0.05) is 30.7 Å². The SMILES string of the molecule is Cl.O=C(NCc1cccc(CO)c1)[C@@H]1CCCCN1. The first-order chi connectivity index (χ1) is 8.79. The van der Waals surface area contributed by atoms with Crippen molar-refractivity contribution >= 4 is 18.3 Å². The van der Waals surface area contributed by atoms with Gasteiger partial charge in [-0.3, -0.25) is 4.79 Å². The van der Waals surface area contributed by atoms with Crippen LogP contribution in [0.3, 0.4) is 0 Å². The van der Waals surface area contributed by atoms with Crippen molar-refractivity contribution in [3.05, 3.63) is 35.4 Å². The van der Waals surface area contributed by atoms with Gasteiger partial charge in [-0.15, -0.1) is 12.4 Å². The summed E-state index contributed by atoms with van der Waals surface area (Å²) in [6, 6.07) is 7.59. The fraction of sp³-hybridized carbons (Fsp3) is 0.500. The minimum absolute atomic E-state index is 0. The van der Waals surface area contributed by atoms with Gasteiger partial charge in [0.25, 0.3) is 0 Å². The van der Waals surface area contributed by atoms with Crippen LogP contribution in [0.15, 0.2) is 24.3 Å². The predicted octanol–water partition coefficient (Wildman–Crippen LogP) is 1.36. The minimum Gasteiger partial charge on any atom is -0.392 e. The maximum Gasteiger partial charge on any atom is 0.237 e. The number of amides is 1. The molecule has 0 aliphatic carbocycles. The van der Waals surface area contributed by atoms with E-state index in [1.165, 1.54) is 0 Å². The number of aliphatic hydroxyl groups is 1. The molecule has 2 rings (SSSR count). The van der Waals surface area contributed by atoms with Gasteiger partial charge in [0.1, 0.15) is 0 Å². The van der Waals surface area contributed by atoms with Crippen LogP contribution in [-0.4, -0.2) is 23.6 Å². The number of carbonyl (C=O) groups is 1. The van der Waals surface area contributed by atoms with Crippen LogP contribution in [0.4, 0.5) is 0 Å². The zero-order valence-electron chi connectivity index (χ0n) is 10.9. The summed E-state index contributed by atoms with van der Waals surface area (Å²) < 4.78 is 0. The smallest absolute Gasteiger partial charge is 0.237 e. The van der Waals surface area contributed by atoms with E-state index in [-0.39, 0.29) is 31.0 Å². The van der Waals surface area contributed by atoms with Gasteiger partial charge in [0, 0.05) is 6.54 Å². The monoisotopic (exact) mass is 284 g/mol. The second-order valence-electron chi connectivity index (χ2n) is 4.70. The van der Waals surface area contributed by atoms with Gasteiger partial charge >= 0.3 is 0 Å². The third-order valence-corrected chi connectivity index (χ3v) is 3.27. The van der Waals surface area contributed by atoms with E-state index in [0.29, 0.717) is 6.54 Å². The van der Waals surface area contributed by atoms with Gasteiger partial charge in [-0.25, -0.2) is 0 Å². The fourth-order valence-corrected chi connectivity index (χ4v) is 2.23. The molecule has 19 heavy (non-hydrogen) atoms. The zero-order chi connectivity index (χ0) is 12.8. The number of benzene rings is 1. The first-order valence-corrected chi connectivity index (χ1v) is 6.49. The molecule has 0 spiro atoms. The van der Waals surface area contributed by atoms with Crippen molar-refractivity contribution in [2.24, 2.45) is 0 Å². The second-order valence-corrected chi connectivity index (χ2v) is 4.70. The van der Waals surface area contributed by atoms with E-state index in [1.807, 2.05) is 24.3 Å². The maximum atomic E-state index is 11.9. The van der Waals surface area contributed by atoms with Crippen LogP contribution in [0.1, 0.15) is 30.4 Å². The summed E-state index contributed by atoms with van der Waals surface area (Å²) in [7, 11) is 0.